The van der Waals surface area contributed by atoms with Gasteiger partial charge in [0.05, 0.1) is 0 Å². The molecule has 1 fully saturated rings. The van der Waals surface area contributed by atoms with Crippen LogP contribution in [0.5, 0.6) is 0 Å². The summed E-state index contributed by atoms with van der Waals surface area (Å²) in [5.74, 6) is 3.65. The summed E-state index contributed by atoms with van der Waals surface area (Å²) < 4.78 is 0. The molecule has 0 atom stereocenters. The second kappa shape index (κ2) is 6.26. The molecule has 1 aliphatic heterocycles. The van der Waals surface area contributed by atoms with Crippen molar-refractivity contribution in [1.82, 2.24) is 10.3 Å². The quantitative estimate of drug-likeness (QED) is 0.890. The van der Waals surface area contributed by atoms with Gasteiger partial charge in [0, 0.05) is 31.1 Å². The van der Waals surface area contributed by atoms with E-state index in [1.165, 1.54) is 23.5 Å². The Bertz CT molecular complexity index is 360. The third-order valence-electron chi connectivity index (χ3n) is 3.09. The Morgan fingerprint density at radius 2 is 2.24 bits per heavy atom. The van der Waals surface area contributed by atoms with Crippen LogP contribution in [-0.4, -0.2) is 36.6 Å². The topological polar surface area (TPSA) is 28.2 Å². The van der Waals surface area contributed by atoms with Crippen molar-refractivity contribution in [3.05, 3.63) is 23.4 Å². The highest BCUT2D eigenvalue weighted by Crippen LogP contribution is 2.18. The van der Waals surface area contributed by atoms with Crippen molar-refractivity contribution >= 4 is 17.6 Å². The second-order valence-electron chi connectivity index (χ2n) is 4.40. The van der Waals surface area contributed by atoms with E-state index in [0.29, 0.717) is 0 Å². The molecule has 1 N–H and O–H groups in total. The third kappa shape index (κ3) is 3.36. The fourth-order valence-electron chi connectivity index (χ4n) is 2.11. The number of aryl methyl sites for hydroxylation is 1. The van der Waals surface area contributed by atoms with Crippen molar-refractivity contribution in [1.29, 1.82) is 0 Å². The minimum atomic E-state index is 0.898. The summed E-state index contributed by atoms with van der Waals surface area (Å²) >= 11 is 2.05. The molecule has 0 saturated carbocycles. The maximum atomic E-state index is 4.73. The standard InChI is InChI=1S/C13H21N3S/c1-11-12(10-14-2)4-5-13(15-11)16-6-3-8-17-9-7-16/h4-5,14H,3,6-10H2,1-2H3. The maximum absolute atomic E-state index is 4.73. The van der Waals surface area contributed by atoms with Gasteiger partial charge in [-0.2, -0.15) is 11.8 Å². The lowest BCUT2D eigenvalue weighted by molar-refractivity contribution is 0.782. The molecule has 1 aromatic rings. The molecule has 3 nitrogen and oxygen atoms in total. The van der Waals surface area contributed by atoms with Crippen LogP contribution < -0.4 is 10.2 Å². The van der Waals surface area contributed by atoms with Gasteiger partial charge in [-0.3, -0.25) is 0 Å². The van der Waals surface area contributed by atoms with Crippen LogP contribution >= 0.6 is 11.8 Å². The summed E-state index contributed by atoms with van der Waals surface area (Å²) in [6.07, 6.45) is 1.27. The largest absolute Gasteiger partial charge is 0.356 e. The lowest BCUT2D eigenvalue weighted by Gasteiger charge is -2.22. The van der Waals surface area contributed by atoms with Crippen LogP contribution in [0.15, 0.2) is 12.1 Å². The van der Waals surface area contributed by atoms with E-state index in [4.69, 9.17) is 4.98 Å². The molecule has 1 saturated heterocycles. The Labute approximate surface area is 108 Å². The minimum absolute atomic E-state index is 0.898. The molecule has 4 heteroatoms. The van der Waals surface area contributed by atoms with Crippen LogP contribution in [0.2, 0.25) is 0 Å². The summed E-state index contributed by atoms with van der Waals surface area (Å²) in [6, 6.07) is 4.36. The van der Waals surface area contributed by atoms with E-state index in [1.54, 1.807) is 0 Å². The van der Waals surface area contributed by atoms with Gasteiger partial charge in [-0.25, -0.2) is 4.98 Å². The fourth-order valence-corrected chi connectivity index (χ4v) is 2.99. The summed E-state index contributed by atoms with van der Waals surface area (Å²) in [7, 11) is 1.97. The lowest BCUT2D eigenvalue weighted by atomic mass is 10.2. The molecule has 0 aliphatic carbocycles. The smallest absolute Gasteiger partial charge is 0.128 e. The van der Waals surface area contributed by atoms with E-state index >= 15 is 0 Å². The predicted molar refractivity (Wildman–Crippen MR) is 75.9 cm³/mol. The number of rotatable bonds is 3. The van der Waals surface area contributed by atoms with E-state index in [1.807, 2.05) is 7.05 Å². The molecule has 17 heavy (non-hydrogen) atoms. The van der Waals surface area contributed by atoms with Crippen molar-refractivity contribution in [2.75, 3.05) is 36.5 Å². The van der Waals surface area contributed by atoms with Crippen LogP contribution in [0.25, 0.3) is 0 Å². The van der Waals surface area contributed by atoms with E-state index in [-0.39, 0.29) is 0 Å². The molecule has 0 aromatic carbocycles. The van der Waals surface area contributed by atoms with Gasteiger partial charge in [0.2, 0.25) is 0 Å². The van der Waals surface area contributed by atoms with Crippen molar-refractivity contribution in [2.24, 2.45) is 0 Å². The minimum Gasteiger partial charge on any atom is -0.356 e. The van der Waals surface area contributed by atoms with Crippen molar-refractivity contribution in [2.45, 2.75) is 19.9 Å². The summed E-state index contributed by atoms with van der Waals surface area (Å²) in [5.41, 5.74) is 2.44. The van der Waals surface area contributed by atoms with Gasteiger partial charge in [-0.1, -0.05) is 6.07 Å². The van der Waals surface area contributed by atoms with Gasteiger partial charge in [-0.05, 0) is 37.8 Å². The predicted octanol–water partition coefficient (Wildman–Crippen LogP) is 2.05. The number of hydrogen-bond donors (Lipinski definition) is 1. The zero-order chi connectivity index (χ0) is 12.1. The van der Waals surface area contributed by atoms with Crippen molar-refractivity contribution in [3.63, 3.8) is 0 Å². The fraction of sp³-hybridized carbons (Fsp3) is 0.615. The van der Waals surface area contributed by atoms with Gasteiger partial charge in [0.15, 0.2) is 0 Å². The van der Waals surface area contributed by atoms with E-state index in [2.05, 4.69) is 41.0 Å². The normalized spacial score (nSPS) is 16.9. The molecular weight excluding hydrogens is 230 g/mol. The first-order valence-electron chi connectivity index (χ1n) is 6.25. The third-order valence-corrected chi connectivity index (χ3v) is 4.14. The average molecular weight is 251 g/mol. The molecule has 0 spiro atoms. The molecule has 0 radical (unpaired) electrons. The highest BCUT2D eigenvalue weighted by Gasteiger charge is 2.12. The lowest BCUT2D eigenvalue weighted by Crippen LogP contribution is -2.26. The molecule has 0 bridgehead atoms. The number of anilines is 1. The summed E-state index contributed by atoms with van der Waals surface area (Å²) in [6.45, 7) is 5.27. The Morgan fingerprint density at radius 1 is 1.35 bits per heavy atom. The number of thioether (sulfide) groups is 1. The summed E-state index contributed by atoms with van der Waals surface area (Å²) in [5, 5.41) is 3.18. The number of hydrogen-bond acceptors (Lipinski definition) is 4. The zero-order valence-corrected chi connectivity index (χ0v) is 11.5. The molecule has 2 rings (SSSR count). The highest BCUT2D eigenvalue weighted by molar-refractivity contribution is 7.99. The Morgan fingerprint density at radius 3 is 3.00 bits per heavy atom. The molecule has 94 valence electrons. The molecule has 0 amide bonds. The van der Waals surface area contributed by atoms with Crippen LogP contribution in [-0.2, 0) is 6.54 Å². The van der Waals surface area contributed by atoms with Crippen LogP contribution in [0.4, 0.5) is 5.82 Å². The molecule has 1 aromatic heterocycles. The first-order chi connectivity index (χ1) is 8.31. The van der Waals surface area contributed by atoms with E-state index < -0.39 is 0 Å². The molecular formula is C13H21N3S. The van der Waals surface area contributed by atoms with Gasteiger partial charge < -0.3 is 10.2 Å². The first-order valence-corrected chi connectivity index (χ1v) is 7.40. The maximum Gasteiger partial charge on any atom is 0.128 e. The SMILES string of the molecule is CNCc1ccc(N2CCCSCC2)nc1C. The molecule has 2 heterocycles. The van der Waals surface area contributed by atoms with E-state index in [9.17, 15) is 0 Å². The van der Waals surface area contributed by atoms with Crippen LogP contribution in [0, 0.1) is 6.92 Å². The van der Waals surface area contributed by atoms with Crippen molar-refractivity contribution in [3.8, 4) is 0 Å². The Hall–Kier alpha value is -0.740. The van der Waals surface area contributed by atoms with Crippen molar-refractivity contribution < 1.29 is 0 Å². The van der Waals surface area contributed by atoms with Gasteiger partial charge in [0.25, 0.3) is 0 Å². The average Bonchev–Trinajstić information content (AvgIpc) is 2.60. The van der Waals surface area contributed by atoms with Gasteiger partial charge >= 0.3 is 0 Å². The molecule has 1 aliphatic rings. The second-order valence-corrected chi connectivity index (χ2v) is 5.62. The number of aromatic nitrogens is 1. The Balaban J connectivity index is 2.12. The zero-order valence-electron chi connectivity index (χ0n) is 10.7. The Kier molecular flexibility index (Phi) is 4.68. The number of nitrogens with zero attached hydrogens (tertiary/aromatic N) is 2. The highest BCUT2D eigenvalue weighted by atomic mass is 32.2. The van der Waals surface area contributed by atoms with Gasteiger partial charge in [0.1, 0.15) is 5.82 Å². The summed E-state index contributed by atoms with van der Waals surface area (Å²) in [4.78, 5) is 7.15. The first kappa shape index (κ1) is 12.7. The molecule has 0 unspecified atom stereocenters. The number of nitrogens with one attached hydrogen (secondary N) is 1. The monoisotopic (exact) mass is 251 g/mol. The van der Waals surface area contributed by atoms with Crippen LogP contribution in [0.3, 0.4) is 0 Å². The number of pyridine rings is 1. The van der Waals surface area contributed by atoms with Gasteiger partial charge in [-0.15, -0.1) is 0 Å². The van der Waals surface area contributed by atoms with Crippen LogP contribution in [0.1, 0.15) is 17.7 Å². The van der Waals surface area contributed by atoms with E-state index in [0.717, 1.165) is 31.1 Å².